The van der Waals surface area contributed by atoms with Gasteiger partial charge in [0, 0.05) is 24.0 Å². The van der Waals surface area contributed by atoms with Crippen LogP contribution in [0.25, 0.3) is 11.3 Å². The molecule has 1 fully saturated rings. The molecule has 1 aromatic heterocycles. The zero-order valence-electron chi connectivity index (χ0n) is 17.3. The lowest BCUT2D eigenvalue weighted by atomic mass is 10.0. The summed E-state index contributed by atoms with van der Waals surface area (Å²) in [6.07, 6.45) is 0.612. The minimum absolute atomic E-state index is 0.212. The van der Waals surface area contributed by atoms with Crippen molar-refractivity contribution in [2.45, 2.75) is 36.8 Å². The lowest BCUT2D eigenvalue weighted by Crippen LogP contribution is -2.39. The van der Waals surface area contributed by atoms with E-state index in [0.29, 0.717) is 25.9 Å². The Morgan fingerprint density at radius 3 is 2.38 bits per heavy atom. The summed E-state index contributed by atoms with van der Waals surface area (Å²) in [5.41, 5.74) is 4.33. The van der Waals surface area contributed by atoms with Gasteiger partial charge in [0.15, 0.2) is 20.8 Å². The molecular weight excluding hydrogens is 586 g/mol. The standard InChI is InChI=1S/C22H20Br2F2N2O2S2/c1-12-4-3-5-13(2)18(12)17-11-31-22(27-17)28-8-6-14(7-9-28)32(29,30)21-19(24)16(25)10-15(23)20(21)26/h3-5,10-11,14H,6-9H2,1-2H3. The fraction of sp³-hybridized carbons (Fsp3) is 0.318. The Kier molecular flexibility index (Phi) is 6.78. The van der Waals surface area contributed by atoms with Crippen molar-refractivity contribution in [3.63, 3.8) is 0 Å². The third-order valence-electron chi connectivity index (χ3n) is 5.74. The average Bonchev–Trinajstić information content (AvgIpc) is 3.22. The lowest BCUT2D eigenvalue weighted by Gasteiger charge is -2.31. The van der Waals surface area contributed by atoms with Gasteiger partial charge in [-0.15, -0.1) is 11.3 Å². The Bertz CT molecular complexity index is 1240. The summed E-state index contributed by atoms with van der Waals surface area (Å²) in [7, 11) is -4.06. The molecule has 0 aliphatic carbocycles. The molecule has 4 nitrogen and oxygen atoms in total. The fourth-order valence-corrected chi connectivity index (χ4v) is 8.31. The quantitative estimate of drug-likeness (QED) is 0.312. The summed E-state index contributed by atoms with van der Waals surface area (Å²) in [4.78, 5) is 6.23. The third kappa shape index (κ3) is 4.26. The number of rotatable bonds is 4. The Balaban J connectivity index is 1.54. The first kappa shape index (κ1) is 23.8. The van der Waals surface area contributed by atoms with Gasteiger partial charge in [-0.1, -0.05) is 18.2 Å². The Hall–Kier alpha value is -1.36. The topological polar surface area (TPSA) is 50.3 Å². The number of piperidine rings is 1. The van der Waals surface area contributed by atoms with E-state index in [4.69, 9.17) is 4.98 Å². The number of nitrogens with zero attached hydrogens (tertiary/aromatic N) is 2. The molecule has 2 heterocycles. The minimum Gasteiger partial charge on any atom is -0.348 e. The van der Waals surface area contributed by atoms with Crippen molar-refractivity contribution in [1.82, 2.24) is 4.98 Å². The summed E-state index contributed by atoms with van der Waals surface area (Å²) in [5.74, 6) is -1.80. The van der Waals surface area contributed by atoms with Crippen LogP contribution in [-0.2, 0) is 9.84 Å². The number of aromatic nitrogens is 1. The first-order valence-electron chi connectivity index (χ1n) is 9.95. The molecule has 1 aliphatic rings. The maximum atomic E-state index is 14.6. The normalized spacial score (nSPS) is 15.4. The predicted octanol–water partition coefficient (Wildman–Crippen LogP) is 6.67. The zero-order chi connectivity index (χ0) is 23.2. The van der Waals surface area contributed by atoms with Crippen molar-refractivity contribution in [2.24, 2.45) is 0 Å². The molecule has 4 rings (SSSR count). The van der Waals surface area contributed by atoms with Crippen LogP contribution in [0, 0.1) is 25.5 Å². The Morgan fingerprint density at radius 1 is 1.12 bits per heavy atom. The molecule has 32 heavy (non-hydrogen) atoms. The first-order chi connectivity index (χ1) is 15.1. The molecule has 10 heteroatoms. The molecule has 1 saturated heterocycles. The van der Waals surface area contributed by atoms with Crippen molar-refractivity contribution in [1.29, 1.82) is 0 Å². The molecule has 1 aliphatic heterocycles. The minimum atomic E-state index is -4.06. The van der Waals surface area contributed by atoms with Crippen LogP contribution < -0.4 is 4.90 Å². The van der Waals surface area contributed by atoms with Crippen LogP contribution in [0.4, 0.5) is 13.9 Å². The van der Waals surface area contributed by atoms with Gasteiger partial charge in [-0.25, -0.2) is 22.2 Å². The second-order valence-corrected chi connectivity index (χ2v) is 12.5. The number of thiazole rings is 1. The van der Waals surface area contributed by atoms with E-state index in [2.05, 4.69) is 62.7 Å². The van der Waals surface area contributed by atoms with Crippen LogP contribution in [0.3, 0.4) is 0 Å². The van der Waals surface area contributed by atoms with E-state index in [1.807, 2.05) is 11.4 Å². The molecule has 0 N–H and O–H groups in total. The molecule has 170 valence electrons. The molecule has 0 saturated carbocycles. The first-order valence-corrected chi connectivity index (χ1v) is 14.0. The van der Waals surface area contributed by atoms with E-state index in [9.17, 15) is 17.2 Å². The van der Waals surface area contributed by atoms with Crippen molar-refractivity contribution < 1.29 is 17.2 Å². The van der Waals surface area contributed by atoms with Crippen LogP contribution in [0.15, 0.2) is 43.5 Å². The molecule has 0 spiro atoms. The summed E-state index contributed by atoms with van der Waals surface area (Å²) in [6.45, 7) is 5.05. The van der Waals surface area contributed by atoms with Gasteiger partial charge < -0.3 is 4.90 Å². The lowest BCUT2D eigenvalue weighted by molar-refractivity contribution is 0.512. The summed E-state index contributed by atoms with van der Waals surface area (Å²) >= 11 is 7.35. The van der Waals surface area contributed by atoms with Crippen LogP contribution in [0.5, 0.6) is 0 Å². The largest absolute Gasteiger partial charge is 0.348 e. The van der Waals surface area contributed by atoms with Gasteiger partial charge in [0.05, 0.1) is 19.9 Å². The number of anilines is 1. The highest BCUT2D eigenvalue weighted by Gasteiger charge is 2.37. The number of halogens is 4. The van der Waals surface area contributed by atoms with Gasteiger partial charge in [-0.05, 0) is 75.7 Å². The Morgan fingerprint density at radius 2 is 1.75 bits per heavy atom. The third-order valence-corrected chi connectivity index (χ3v) is 10.6. The highest BCUT2D eigenvalue weighted by atomic mass is 79.9. The van der Waals surface area contributed by atoms with E-state index in [1.54, 1.807) is 0 Å². The van der Waals surface area contributed by atoms with Crippen LogP contribution in [-0.4, -0.2) is 31.7 Å². The van der Waals surface area contributed by atoms with Crippen LogP contribution in [0.1, 0.15) is 24.0 Å². The summed E-state index contributed by atoms with van der Waals surface area (Å²) in [5, 5.41) is 2.06. The number of aryl methyl sites for hydroxylation is 2. The van der Waals surface area contributed by atoms with E-state index in [-0.39, 0.29) is 8.95 Å². The zero-order valence-corrected chi connectivity index (χ0v) is 22.1. The summed E-state index contributed by atoms with van der Waals surface area (Å²) < 4.78 is 54.4. The monoisotopic (exact) mass is 604 g/mol. The van der Waals surface area contributed by atoms with Crippen LogP contribution >= 0.6 is 43.2 Å². The molecule has 0 unspecified atom stereocenters. The highest BCUT2D eigenvalue weighted by molar-refractivity contribution is 9.11. The van der Waals surface area contributed by atoms with Gasteiger partial charge in [0.2, 0.25) is 0 Å². The molecule has 2 aromatic carbocycles. The van der Waals surface area contributed by atoms with Gasteiger partial charge in [-0.2, -0.15) is 0 Å². The maximum Gasteiger partial charge on any atom is 0.185 e. The molecule has 0 amide bonds. The second kappa shape index (κ2) is 9.12. The van der Waals surface area contributed by atoms with Gasteiger partial charge in [0.1, 0.15) is 10.7 Å². The van der Waals surface area contributed by atoms with E-state index < -0.39 is 31.6 Å². The van der Waals surface area contributed by atoms with E-state index >= 15 is 0 Å². The van der Waals surface area contributed by atoms with Crippen molar-refractivity contribution in [2.75, 3.05) is 18.0 Å². The smallest absolute Gasteiger partial charge is 0.185 e. The van der Waals surface area contributed by atoms with Crippen LogP contribution in [0.2, 0.25) is 0 Å². The molecule has 0 atom stereocenters. The maximum absolute atomic E-state index is 14.6. The highest BCUT2D eigenvalue weighted by Crippen LogP contribution is 2.38. The SMILES string of the molecule is Cc1cccc(C)c1-c1csc(N2CCC(S(=O)(=O)c3c(F)c(Br)cc(F)c3Br)CC2)n1. The number of benzene rings is 2. The molecule has 3 aromatic rings. The van der Waals surface area contributed by atoms with E-state index in [0.717, 1.165) is 33.6 Å². The van der Waals surface area contributed by atoms with Gasteiger partial charge in [-0.3, -0.25) is 0 Å². The van der Waals surface area contributed by atoms with Gasteiger partial charge in [0.25, 0.3) is 0 Å². The summed E-state index contributed by atoms with van der Waals surface area (Å²) in [6, 6.07) is 7.04. The average molecular weight is 606 g/mol. The second-order valence-electron chi connectivity index (χ2n) is 7.81. The fourth-order valence-electron chi connectivity index (χ4n) is 4.07. The molecule has 0 radical (unpaired) electrons. The number of sulfone groups is 1. The van der Waals surface area contributed by atoms with Crippen molar-refractivity contribution in [3.05, 3.63) is 61.4 Å². The number of hydrogen-bond acceptors (Lipinski definition) is 5. The number of hydrogen-bond donors (Lipinski definition) is 0. The molecule has 0 bridgehead atoms. The van der Waals surface area contributed by atoms with Crippen molar-refractivity contribution in [3.8, 4) is 11.3 Å². The Labute approximate surface area is 206 Å². The van der Waals surface area contributed by atoms with Crippen molar-refractivity contribution >= 4 is 58.2 Å². The van der Waals surface area contributed by atoms with E-state index in [1.165, 1.54) is 11.3 Å². The van der Waals surface area contributed by atoms with Gasteiger partial charge >= 0.3 is 0 Å². The predicted molar refractivity (Wildman–Crippen MR) is 131 cm³/mol. The molecular formula is C22H20Br2F2N2O2S2.